The average molecular weight is 342 g/mol. The smallest absolute Gasteiger partial charge is 0.228 e. The number of rotatable bonds is 5. The van der Waals surface area contributed by atoms with Crippen molar-refractivity contribution in [1.29, 1.82) is 0 Å². The topological polar surface area (TPSA) is 49.4 Å². The van der Waals surface area contributed by atoms with Crippen LogP contribution in [0.5, 0.6) is 0 Å². The van der Waals surface area contributed by atoms with Crippen LogP contribution in [-0.2, 0) is 16.1 Å². The summed E-state index contributed by atoms with van der Waals surface area (Å²) in [6.07, 6.45) is 0.929. The van der Waals surface area contributed by atoms with Gasteiger partial charge in [0.05, 0.1) is 0 Å². The number of hydrogen-bond donors (Lipinski definition) is 1. The van der Waals surface area contributed by atoms with Gasteiger partial charge in [0.15, 0.2) is 0 Å². The monoisotopic (exact) mass is 342 g/mol. The maximum absolute atomic E-state index is 12.4. The summed E-state index contributed by atoms with van der Waals surface area (Å²) in [7, 11) is 1.77. The minimum Gasteiger partial charge on any atom is -0.342 e. The van der Waals surface area contributed by atoms with Gasteiger partial charge >= 0.3 is 0 Å². The van der Waals surface area contributed by atoms with Crippen LogP contribution in [0, 0.1) is 12.8 Å². The molecular formula is C19H22N2O2S. The van der Waals surface area contributed by atoms with Crippen molar-refractivity contribution in [3.8, 4) is 0 Å². The van der Waals surface area contributed by atoms with Crippen LogP contribution in [0.4, 0.5) is 5.69 Å². The van der Waals surface area contributed by atoms with E-state index in [4.69, 9.17) is 0 Å². The molecule has 0 saturated heterocycles. The van der Waals surface area contributed by atoms with Gasteiger partial charge in [-0.1, -0.05) is 12.1 Å². The number of nitrogens with one attached hydrogen (secondary N) is 1. The summed E-state index contributed by atoms with van der Waals surface area (Å²) in [6.45, 7) is 4.18. The molecule has 0 spiro atoms. The van der Waals surface area contributed by atoms with Crippen LogP contribution in [0.1, 0.15) is 34.6 Å². The Bertz CT molecular complexity index is 768. The van der Waals surface area contributed by atoms with E-state index in [0.717, 1.165) is 17.7 Å². The Morgan fingerprint density at radius 2 is 2.08 bits per heavy atom. The molecule has 0 radical (unpaired) electrons. The quantitative estimate of drug-likeness (QED) is 0.899. The summed E-state index contributed by atoms with van der Waals surface area (Å²) in [5, 5.41) is 3.02. The first-order valence-electron chi connectivity index (χ1n) is 8.12. The molecule has 4 nitrogen and oxygen atoms in total. The van der Waals surface area contributed by atoms with Gasteiger partial charge in [-0.25, -0.2) is 0 Å². The Morgan fingerprint density at radius 1 is 1.29 bits per heavy atom. The molecular weight excluding hydrogens is 320 g/mol. The molecule has 1 fully saturated rings. The van der Waals surface area contributed by atoms with Gasteiger partial charge in [0.2, 0.25) is 11.8 Å². The van der Waals surface area contributed by atoms with E-state index < -0.39 is 0 Å². The molecule has 1 N–H and O–H groups in total. The van der Waals surface area contributed by atoms with Crippen molar-refractivity contribution in [2.45, 2.75) is 32.7 Å². The highest BCUT2D eigenvalue weighted by Gasteiger charge is 2.44. The minimum atomic E-state index is 0.0245. The molecule has 3 rings (SSSR count). The van der Waals surface area contributed by atoms with Crippen LogP contribution in [0.25, 0.3) is 0 Å². The molecule has 0 bridgehead atoms. The van der Waals surface area contributed by atoms with Crippen LogP contribution >= 0.6 is 11.3 Å². The zero-order valence-electron chi connectivity index (χ0n) is 14.2. The van der Waals surface area contributed by atoms with Crippen LogP contribution in [0.2, 0.25) is 0 Å². The van der Waals surface area contributed by atoms with Gasteiger partial charge in [-0.15, -0.1) is 11.3 Å². The third-order valence-corrected chi connectivity index (χ3v) is 5.54. The van der Waals surface area contributed by atoms with Gasteiger partial charge in [-0.3, -0.25) is 9.59 Å². The first kappa shape index (κ1) is 16.7. The maximum Gasteiger partial charge on any atom is 0.228 e. The fourth-order valence-corrected chi connectivity index (χ4v) is 3.88. The lowest BCUT2D eigenvalue weighted by atomic mass is 10.2. The Labute approximate surface area is 146 Å². The molecule has 5 heteroatoms. The zero-order valence-corrected chi connectivity index (χ0v) is 15.0. The number of carbonyl (C=O) groups is 2. The van der Waals surface area contributed by atoms with E-state index >= 15 is 0 Å². The predicted octanol–water partition coefficient (Wildman–Crippen LogP) is 3.78. The van der Waals surface area contributed by atoms with Gasteiger partial charge in [0, 0.05) is 47.8 Å². The molecule has 0 aliphatic heterocycles. The normalized spacial score (nSPS) is 19.0. The number of aryl methyl sites for hydroxylation is 1. The maximum atomic E-state index is 12.4. The molecule has 1 aromatic carbocycles. The average Bonchev–Trinajstić information content (AvgIpc) is 3.22. The number of carbonyl (C=O) groups excluding carboxylic acids is 2. The summed E-state index contributed by atoms with van der Waals surface area (Å²) >= 11 is 1.78. The van der Waals surface area contributed by atoms with E-state index in [2.05, 4.69) is 24.4 Å². The van der Waals surface area contributed by atoms with Crippen LogP contribution in [-0.4, -0.2) is 23.8 Å². The molecule has 1 heterocycles. The lowest BCUT2D eigenvalue weighted by molar-refractivity contribution is -0.128. The summed E-state index contributed by atoms with van der Waals surface area (Å²) in [4.78, 5) is 28.0. The Balaban J connectivity index is 1.60. The van der Waals surface area contributed by atoms with Gasteiger partial charge in [-0.05, 0) is 43.2 Å². The molecule has 24 heavy (non-hydrogen) atoms. The lowest BCUT2D eigenvalue weighted by Crippen LogP contribution is -2.23. The van der Waals surface area contributed by atoms with Crippen molar-refractivity contribution in [2.24, 2.45) is 5.92 Å². The predicted molar refractivity (Wildman–Crippen MR) is 97.1 cm³/mol. The Hall–Kier alpha value is -2.14. The first-order chi connectivity index (χ1) is 11.4. The van der Waals surface area contributed by atoms with Gasteiger partial charge in [0.1, 0.15) is 0 Å². The second-order valence-electron chi connectivity index (χ2n) is 6.46. The molecule has 1 aliphatic rings. The van der Waals surface area contributed by atoms with Crippen molar-refractivity contribution in [2.75, 3.05) is 12.4 Å². The third-order valence-electron chi connectivity index (χ3n) is 4.41. The first-order valence-corrected chi connectivity index (χ1v) is 8.93. The molecule has 1 aromatic heterocycles. The number of hydrogen-bond acceptors (Lipinski definition) is 3. The van der Waals surface area contributed by atoms with Crippen molar-refractivity contribution in [1.82, 2.24) is 4.90 Å². The van der Waals surface area contributed by atoms with Crippen LogP contribution in [0.15, 0.2) is 36.4 Å². The second kappa shape index (κ2) is 6.77. The highest BCUT2D eigenvalue weighted by atomic mass is 32.1. The SMILES string of the molecule is CC(=O)N(C)Cc1cccc(NC(=O)[C@@H]2C[C@@H]2c2ccc(C)s2)c1. The van der Waals surface area contributed by atoms with E-state index in [1.807, 2.05) is 24.3 Å². The minimum absolute atomic E-state index is 0.0245. The van der Waals surface area contributed by atoms with Crippen molar-refractivity contribution in [3.05, 3.63) is 51.7 Å². The summed E-state index contributed by atoms with van der Waals surface area (Å²) < 4.78 is 0. The fraction of sp³-hybridized carbons (Fsp3) is 0.368. The number of amides is 2. The Morgan fingerprint density at radius 3 is 2.75 bits per heavy atom. The lowest BCUT2D eigenvalue weighted by Gasteiger charge is -2.15. The molecule has 1 aliphatic carbocycles. The van der Waals surface area contributed by atoms with Crippen LogP contribution in [0.3, 0.4) is 0 Å². The van der Waals surface area contributed by atoms with E-state index in [1.165, 1.54) is 9.75 Å². The largest absolute Gasteiger partial charge is 0.342 e. The second-order valence-corrected chi connectivity index (χ2v) is 7.78. The number of benzene rings is 1. The van der Waals surface area contributed by atoms with E-state index in [-0.39, 0.29) is 17.7 Å². The van der Waals surface area contributed by atoms with Crippen molar-refractivity contribution in [3.63, 3.8) is 0 Å². The molecule has 2 amide bonds. The molecule has 0 unspecified atom stereocenters. The molecule has 2 atom stereocenters. The standard InChI is InChI=1S/C19H22N2O2S/c1-12-7-8-18(24-12)16-10-17(16)19(23)20-15-6-4-5-14(9-15)11-21(3)13(2)22/h4-9,16-17H,10-11H2,1-3H3,(H,20,23)/t16-,17+/m0/s1. The molecule has 1 saturated carbocycles. The van der Waals surface area contributed by atoms with Gasteiger partial charge in [-0.2, -0.15) is 0 Å². The van der Waals surface area contributed by atoms with E-state index in [1.54, 1.807) is 30.2 Å². The number of anilines is 1. The van der Waals surface area contributed by atoms with Gasteiger partial charge < -0.3 is 10.2 Å². The van der Waals surface area contributed by atoms with E-state index in [0.29, 0.717) is 12.5 Å². The highest BCUT2D eigenvalue weighted by Crippen LogP contribution is 2.50. The van der Waals surface area contributed by atoms with Crippen LogP contribution < -0.4 is 5.32 Å². The van der Waals surface area contributed by atoms with E-state index in [9.17, 15) is 9.59 Å². The third kappa shape index (κ3) is 3.85. The molecule has 2 aromatic rings. The van der Waals surface area contributed by atoms with Crippen molar-refractivity contribution < 1.29 is 9.59 Å². The molecule has 126 valence electrons. The Kier molecular flexibility index (Phi) is 4.71. The van der Waals surface area contributed by atoms with Gasteiger partial charge in [0.25, 0.3) is 0 Å². The summed E-state index contributed by atoms with van der Waals surface area (Å²) in [5.74, 6) is 0.557. The highest BCUT2D eigenvalue weighted by molar-refractivity contribution is 7.12. The summed E-state index contributed by atoms with van der Waals surface area (Å²) in [6, 6.07) is 11.9. The summed E-state index contributed by atoms with van der Waals surface area (Å²) in [5.41, 5.74) is 1.80. The number of thiophene rings is 1. The number of nitrogens with zero attached hydrogens (tertiary/aromatic N) is 1. The zero-order chi connectivity index (χ0) is 17.3. The fourth-order valence-electron chi connectivity index (χ4n) is 2.82. The van der Waals surface area contributed by atoms with Crippen molar-refractivity contribution >= 4 is 28.8 Å².